The number of nitrogens with zero attached hydrogens (tertiary/aromatic N) is 2. The van der Waals surface area contributed by atoms with Gasteiger partial charge in [0.2, 0.25) is 0 Å². The summed E-state index contributed by atoms with van der Waals surface area (Å²) in [7, 11) is 0. The van der Waals surface area contributed by atoms with Gasteiger partial charge in [0.1, 0.15) is 5.75 Å². The highest BCUT2D eigenvalue weighted by Crippen LogP contribution is 2.27. The van der Waals surface area contributed by atoms with Gasteiger partial charge in [-0.25, -0.2) is 9.78 Å². The van der Waals surface area contributed by atoms with Crippen LogP contribution in [0, 0.1) is 0 Å². The molecule has 0 spiro atoms. The second-order valence-electron chi connectivity index (χ2n) is 5.70. The number of hydrogen-bond acceptors (Lipinski definition) is 5. The number of para-hydroxylation sites is 1. The van der Waals surface area contributed by atoms with E-state index in [2.05, 4.69) is 4.98 Å². The Morgan fingerprint density at radius 2 is 1.96 bits per heavy atom. The Bertz CT molecular complexity index is 1020. The van der Waals surface area contributed by atoms with Gasteiger partial charge in [0.05, 0.1) is 28.9 Å². The molecule has 0 saturated heterocycles. The zero-order chi connectivity index (χ0) is 19.2. The van der Waals surface area contributed by atoms with Gasteiger partial charge in [-0.15, -0.1) is 0 Å². The number of benzene rings is 2. The molecular formula is C19H16Cl2N2O4. The van der Waals surface area contributed by atoms with Crippen LogP contribution in [0.25, 0.3) is 10.9 Å². The third kappa shape index (κ3) is 4.99. The number of hydrogen-bond donors (Lipinski definition) is 0. The van der Waals surface area contributed by atoms with Gasteiger partial charge in [0.25, 0.3) is 5.56 Å². The standard InChI is InChI=1S/C19H16Cl2N2O4/c20-13-6-7-17(15(21)10-13)27-11-18(24)26-9-3-8-23-12-22-16-5-2-1-4-14(16)19(23)25/h1-2,4-7,10,12H,3,8-9,11H2. The highest BCUT2D eigenvalue weighted by molar-refractivity contribution is 6.35. The van der Waals surface area contributed by atoms with Crippen molar-refractivity contribution in [3.05, 3.63) is 69.2 Å². The first-order valence-corrected chi connectivity index (χ1v) is 8.98. The summed E-state index contributed by atoms with van der Waals surface area (Å²) in [6.07, 6.45) is 1.98. The molecule has 0 radical (unpaired) electrons. The van der Waals surface area contributed by atoms with Crippen LogP contribution in [0.15, 0.2) is 53.6 Å². The Labute approximate surface area is 165 Å². The van der Waals surface area contributed by atoms with E-state index in [1.807, 2.05) is 6.07 Å². The number of aromatic nitrogens is 2. The smallest absolute Gasteiger partial charge is 0.344 e. The minimum atomic E-state index is -0.523. The third-order valence-corrected chi connectivity index (χ3v) is 4.31. The van der Waals surface area contributed by atoms with Gasteiger partial charge in [-0.3, -0.25) is 9.36 Å². The molecule has 0 unspecified atom stereocenters. The zero-order valence-corrected chi connectivity index (χ0v) is 15.7. The van der Waals surface area contributed by atoms with Gasteiger partial charge >= 0.3 is 5.97 Å². The second kappa shape index (κ2) is 8.88. The van der Waals surface area contributed by atoms with Gasteiger partial charge in [-0.05, 0) is 36.8 Å². The van der Waals surface area contributed by atoms with Crippen molar-refractivity contribution in [2.75, 3.05) is 13.2 Å². The van der Waals surface area contributed by atoms with Gasteiger partial charge in [0.15, 0.2) is 6.61 Å². The van der Waals surface area contributed by atoms with Crippen molar-refractivity contribution in [2.24, 2.45) is 0 Å². The maximum absolute atomic E-state index is 12.3. The van der Waals surface area contributed by atoms with Gasteiger partial charge in [-0.2, -0.15) is 0 Å². The molecule has 0 bridgehead atoms. The lowest BCUT2D eigenvalue weighted by Crippen LogP contribution is -2.22. The van der Waals surface area contributed by atoms with Crippen LogP contribution in [0.1, 0.15) is 6.42 Å². The zero-order valence-electron chi connectivity index (χ0n) is 14.2. The molecular weight excluding hydrogens is 391 g/mol. The highest BCUT2D eigenvalue weighted by atomic mass is 35.5. The second-order valence-corrected chi connectivity index (χ2v) is 6.54. The Balaban J connectivity index is 1.45. The topological polar surface area (TPSA) is 70.4 Å². The Kier molecular flexibility index (Phi) is 6.32. The third-order valence-electron chi connectivity index (χ3n) is 3.78. The number of carbonyl (C=O) groups is 1. The summed E-state index contributed by atoms with van der Waals surface area (Å²) in [5.74, 6) is -0.170. The minimum Gasteiger partial charge on any atom is -0.480 e. The predicted octanol–water partition coefficient (Wildman–Crippen LogP) is 3.72. The summed E-state index contributed by atoms with van der Waals surface area (Å²) in [5.41, 5.74) is 0.538. The summed E-state index contributed by atoms with van der Waals surface area (Å²) < 4.78 is 11.9. The summed E-state index contributed by atoms with van der Waals surface area (Å²) in [5, 5.41) is 1.36. The van der Waals surface area contributed by atoms with Crippen LogP contribution in [-0.4, -0.2) is 28.7 Å². The highest BCUT2D eigenvalue weighted by Gasteiger charge is 2.08. The lowest BCUT2D eigenvalue weighted by Gasteiger charge is -2.09. The maximum Gasteiger partial charge on any atom is 0.344 e. The molecule has 1 aromatic heterocycles. The van der Waals surface area contributed by atoms with Crippen molar-refractivity contribution in [1.29, 1.82) is 0 Å². The van der Waals surface area contributed by atoms with Crippen molar-refractivity contribution >= 4 is 40.1 Å². The van der Waals surface area contributed by atoms with E-state index in [1.54, 1.807) is 30.3 Å². The maximum atomic E-state index is 12.3. The first kappa shape index (κ1) is 19.2. The molecule has 0 aliphatic carbocycles. The quantitative estimate of drug-likeness (QED) is 0.441. The normalized spacial score (nSPS) is 10.7. The Morgan fingerprint density at radius 3 is 2.78 bits per heavy atom. The fourth-order valence-corrected chi connectivity index (χ4v) is 2.92. The molecule has 1 heterocycles. The first-order valence-electron chi connectivity index (χ1n) is 8.22. The number of carbonyl (C=O) groups excluding carboxylic acids is 1. The molecule has 0 amide bonds. The van der Waals surface area contributed by atoms with Crippen molar-refractivity contribution < 1.29 is 14.3 Å². The van der Waals surface area contributed by atoms with Crippen LogP contribution < -0.4 is 10.3 Å². The van der Waals surface area contributed by atoms with Crippen molar-refractivity contribution in [3.63, 3.8) is 0 Å². The van der Waals surface area contributed by atoms with Crippen molar-refractivity contribution in [2.45, 2.75) is 13.0 Å². The van der Waals surface area contributed by atoms with Crippen LogP contribution in [0.4, 0.5) is 0 Å². The molecule has 140 valence electrons. The lowest BCUT2D eigenvalue weighted by atomic mass is 10.2. The van der Waals surface area contributed by atoms with Gasteiger partial charge in [0, 0.05) is 11.6 Å². The molecule has 6 nitrogen and oxygen atoms in total. The molecule has 3 rings (SSSR count). The monoisotopic (exact) mass is 406 g/mol. The summed E-state index contributed by atoms with van der Waals surface area (Å²) in [6, 6.07) is 11.9. The molecule has 0 fully saturated rings. The average Bonchev–Trinajstić information content (AvgIpc) is 2.66. The fourth-order valence-electron chi connectivity index (χ4n) is 2.46. The van der Waals surface area contributed by atoms with Crippen LogP contribution in [0.3, 0.4) is 0 Å². The molecule has 0 aliphatic rings. The van der Waals surface area contributed by atoms with Crippen LogP contribution in [0.5, 0.6) is 5.75 Å². The van der Waals surface area contributed by atoms with E-state index in [0.717, 1.165) is 0 Å². The van der Waals surface area contributed by atoms with E-state index in [1.165, 1.54) is 17.0 Å². The van der Waals surface area contributed by atoms with E-state index in [0.29, 0.717) is 39.7 Å². The lowest BCUT2D eigenvalue weighted by molar-refractivity contribution is -0.146. The van der Waals surface area contributed by atoms with E-state index in [4.69, 9.17) is 32.7 Å². The number of aryl methyl sites for hydroxylation is 1. The Morgan fingerprint density at radius 1 is 1.15 bits per heavy atom. The summed E-state index contributed by atoms with van der Waals surface area (Å²) in [4.78, 5) is 28.3. The molecule has 3 aromatic rings. The van der Waals surface area contributed by atoms with Crippen LogP contribution >= 0.6 is 23.2 Å². The first-order chi connectivity index (χ1) is 13.0. The van der Waals surface area contributed by atoms with E-state index < -0.39 is 5.97 Å². The molecule has 0 atom stereocenters. The number of rotatable bonds is 7. The summed E-state index contributed by atoms with van der Waals surface area (Å²) in [6.45, 7) is 0.294. The molecule has 8 heteroatoms. The fraction of sp³-hybridized carbons (Fsp3) is 0.211. The van der Waals surface area contributed by atoms with Crippen LogP contribution in [0.2, 0.25) is 10.0 Å². The molecule has 0 aliphatic heterocycles. The number of fused-ring (bicyclic) bond motifs is 1. The van der Waals surface area contributed by atoms with Crippen LogP contribution in [-0.2, 0) is 16.1 Å². The number of esters is 1. The molecule has 27 heavy (non-hydrogen) atoms. The Hall–Kier alpha value is -2.57. The average molecular weight is 407 g/mol. The van der Waals surface area contributed by atoms with E-state index in [9.17, 15) is 9.59 Å². The number of halogens is 2. The summed E-state index contributed by atoms with van der Waals surface area (Å²) >= 11 is 11.8. The SMILES string of the molecule is O=C(COc1ccc(Cl)cc1Cl)OCCCn1cnc2ccccc2c1=O. The van der Waals surface area contributed by atoms with Crippen molar-refractivity contribution in [1.82, 2.24) is 9.55 Å². The molecule has 0 N–H and O–H groups in total. The number of ether oxygens (including phenoxy) is 2. The van der Waals surface area contributed by atoms with E-state index in [-0.39, 0.29) is 18.8 Å². The van der Waals surface area contributed by atoms with Gasteiger partial charge in [-0.1, -0.05) is 35.3 Å². The van der Waals surface area contributed by atoms with Gasteiger partial charge < -0.3 is 9.47 Å². The minimum absolute atomic E-state index is 0.118. The largest absolute Gasteiger partial charge is 0.480 e. The van der Waals surface area contributed by atoms with Crippen molar-refractivity contribution in [3.8, 4) is 5.75 Å². The molecule has 0 saturated carbocycles. The van der Waals surface area contributed by atoms with E-state index >= 15 is 0 Å². The predicted molar refractivity (Wildman–Crippen MR) is 104 cm³/mol. The molecule has 2 aromatic carbocycles.